The van der Waals surface area contributed by atoms with E-state index in [4.69, 9.17) is 23.7 Å². The smallest absolute Gasteiger partial charge is 0.353 e. The number of ether oxygens (including phenoxy) is 5. The van der Waals surface area contributed by atoms with Crippen LogP contribution in [-0.2, 0) is 16.1 Å². The highest BCUT2D eigenvalue weighted by Crippen LogP contribution is 2.39. The fourth-order valence-corrected chi connectivity index (χ4v) is 3.47. The summed E-state index contributed by atoms with van der Waals surface area (Å²) in [7, 11) is 0. The van der Waals surface area contributed by atoms with Crippen molar-refractivity contribution in [3.63, 3.8) is 0 Å². The van der Waals surface area contributed by atoms with E-state index in [0.717, 1.165) is 5.56 Å². The van der Waals surface area contributed by atoms with Gasteiger partial charge >= 0.3 is 5.97 Å². The van der Waals surface area contributed by atoms with E-state index in [0.29, 0.717) is 35.2 Å². The first-order valence-corrected chi connectivity index (χ1v) is 10.7. The highest BCUT2D eigenvalue weighted by molar-refractivity contribution is 5.81. The lowest BCUT2D eigenvalue weighted by Gasteiger charge is -2.33. The predicted octanol–water partition coefficient (Wildman–Crippen LogP) is 4.43. The van der Waals surface area contributed by atoms with Gasteiger partial charge in [0.05, 0.1) is 6.61 Å². The monoisotopic (exact) mass is 450 g/mol. The quantitative estimate of drug-likeness (QED) is 0.483. The third-order valence-electron chi connectivity index (χ3n) is 5.32. The predicted molar refractivity (Wildman–Crippen MR) is 120 cm³/mol. The summed E-state index contributed by atoms with van der Waals surface area (Å²) in [6, 6.07) is 21.7. The Hall–Kier alpha value is -3.71. The van der Waals surface area contributed by atoms with E-state index < -0.39 is 17.7 Å². The summed E-state index contributed by atoms with van der Waals surface area (Å²) in [6.07, 6.45) is -1.30. The summed E-state index contributed by atoms with van der Waals surface area (Å²) in [5.74, 6) is 1.40. The SMILES string of the molecule is CCOC(=O)C(C)(Oc1ccc2c(c1)OCO2)C(O)c1ccc(OCc2ccccc2)cc1. The Morgan fingerprint density at radius 2 is 1.70 bits per heavy atom. The maximum absolute atomic E-state index is 12.9. The number of aliphatic hydroxyl groups excluding tert-OH is 1. The minimum absolute atomic E-state index is 0.120. The summed E-state index contributed by atoms with van der Waals surface area (Å²) in [4.78, 5) is 12.9. The van der Waals surface area contributed by atoms with Gasteiger partial charge in [-0.1, -0.05) is 42.5 Å². The zero-order valence-corrected chi connectivity index (χ0v) is 18.5. The van der Waals surface area contributed by atoms with Crippen molar-refractivity contribution in [2.24, 2.45) is 0 Å². The van der Waals surface area contributed by atoms with Gasteiger partial charge in [-0.2, -0.15) is 0 Å². The third kappa shape index (κ3) is 5.04. The molecule has 1 aliphatic heterocycles. The van der Waals surface area contributed by atoms with E-state index in [1.807, 2.05) is 30.3 Å². The van der Waals surface area contributed by atoms with Gasteiger partial charge in [0.25, 0.3) is 0 Å². The summed E-state index contributed by atoms with van der Waals surface area (Å²) >= 11 is 0. The van der Waals surface area contributed by atoms with Gasteiger partial charge in [0.1, 0.15) is 24.2 Å². The first-order valence-electron chi connectivity index (χ1n) is 10.7. The van der Waals surface area contributed by atoms with Crippen LogP contribution in [-0.4, -0.2) is 30.1 Å². The summed E-state index contributed by atoms with van der Waals surface area (Å²) in [5, 5.41) is 11.2. The second kappa shape index (κ2) is 9.83. The lowest BCUT2D eigenvalue weighted by Crippen LogP contribution is -2.48. The van der Waals surface area contributed by atoms with Gasteiger partial charge in [0, 0.05) is 6.07 Å². The molecule has 0 saturated heterocycles. The Kier molecular flexibility index (Phi) is 6.70. The molecule has 0 aromatic heterocycles. The van der Waals surface area contributed by atoms with Crippen LogP contribution >= 0.6 is 0 Å². The highest BCUT2D eigenvalue weighted by Gasteiger charge is 2.46. The second-order valence-corrected chi connectivity index (χ2v) is 7.69. The van der Waals surface area contributed by atoms with E-state index in [2.05, 4.69) is 0 Å². The molecule has 0 bridgehead atoms. The maximum atomic E-state index is 12.9. The van der Waals surface area contributed by atoms with E-state index in [1.54, 1.807) is 49.4 Å². The maximum Gasteiger partial charge on any atom is 0.353 e. The third-order valence-corrected chi connectivity index (χ3v) is 5.32. The van der Waals surface area contributed by atoms with Crippen molar-refractivity contribution < 1.29 is 33.6 Å². The Bertz CT molecular complexity index is 1080. The van der Waals surface area contributed by atoms with Crippen LogP contribution in [0.4, 0.5) is 0 Å². The van der Waals surface area contributed by atoms with Crippen molar-refractivity contribution in [1.82, 2.24) is 0 Å². The van der Waals surface area contributed by atoms with Crippen LogP contribution in [0.3, 0.4) is 0 Å². The molecule has 7 nitrogen and oxygen atoms in total. The molecule has 172 valence electrons. The average Bonchev–Trinajstić information content (AvgIpc) is 3.31. The van der Waals surface area contributed by atoms with E-state index in [9.17, 15) is 9.90 Å². The van der Waals surface area contributed by atoms with Crippen LogP contribution in [0.2, 0.25) is 0 Å². The molecule has 0 radical (unpaired) electrons. The Morgan fingerprint density at radius 3 is 2.42 bits per heavy atom. The molecule has 3 aromatic carbocycles. The normalized spacial score (nSPS) is 14.8. The van der Waals surface area contributed by atoms with Crippen LogP contribution in [0.5, 0.6) is 23.0 Å². The Morgan fingerprint density at radius 1 is 1.00 bits per heavy atom. The second-order valence-electron chi connectivity index (χ2n) is 7.69. The number of hydrogen-bond acceptors (Lipinski definition) is 7. The minimum atomic E-state index is -1.70. The lowest BCUT2D eigenvalue weighted by atomic mass is 9.92. The molecular formula is C26H26O7. The molecule has 0 aliphatic carbocycles. The van der Waals surface area contributed by atoms with Gasteiger partial charge in [-0.25, -0.2) is 4.79 Å². The van der Waals surface area contributed by atoms with Crippen molar-refractivity contribution >= 4 is 5.97 Å². The molecule has 7 heteroatoms. The Balaban J connectivity index is 1.52. The molecule has 2 unspecified atom stereocenters. The van der Waals surface area contributed by atoms with Gasteiger partial charge in [-0.15, -0.1) is 0 Å². The zero-order chi connectivity index (χ0) is 23.3. The van der Waals surface area contributed by atoms with Crippen molar-refractivity contribution in [3.05, 3.63) is 83.9 Å². The van der Waals surface area contributed by atoms with Crippen LogP contribution < -0.4 is 18.9 Å². The van der Waals surface area contributed by atoms with Crippen LogP contribution in [0.1, 0.15) is 31.1 Å². The van der Waals surface area contributed by atoms with E-state index in [-0.39, 0.29) is 13.4 Å². The number of esters is 1. The van der Waals surface area contributed by atoms with Crippen molar-refractivity contribution in [2.45, 2.75) is 32.2 Å². The van der Waals surface area contributed by atoms with E-state index >= 15 is 0 Å². The first kappa shape index (κ1) is 22.5. The first-order chi connectivity index (χ1) is 16.0. The molecule has 33 heavy (non-hydrogen) atoms. The van der Waals surface area contributed by atoms with E-state index in [1.165, 1.54) is 6.92 Å². The number of hydrogen-bond donors (Lipinski definition) is 1. The molecular weight excluding hydrogens is 424 g/mol. The number of benzene rings is 3. The van der Waals surface area contributed by atoms with Crippen LogP contribution in [0.15, 0.2) is 72.8 Å². The summed E-state index contributed by atoms with van der Waals surface area (Å²) in [5.41, 5.74) is -0.164. The van der Waals surface area contributed by atoms with Crippen molar-refractivity contribution in [3.8, 4) is 23.0 Å². The molecule has 0 fully saturated rings. The average molecular weight is 450 g/mol. The largest absolute Gasteiger partial charge is 0.489 e. The van der Waals surface area contributed by atoms with Crippen molar-refractivity contribution in [1.29, 1.82) is 0 Å². The molecule has 0 amide bonds. The van der Waals surface area contributed by atoms with Crippen LogP contribution in [0, 0.1) is 0 Å². The minimum Gasteiger partial charge on any atom is -0.489 e. The Labute approximate surface area is 192 Å². The number of carbonyl (C=O) groups is 1. The van der Waals surface area contributed by atoms with Gasteiger partial charge in [0.15, 0.2) is 11.5 Å². The molecule has 0 spiro atoms. The molecule has 1 heterocycles. The molecule has 3 aromatic rings. The summed E-state index contributed by atoms with van der Waals surface area (Å²) < 4.78 is 27.7. The van der Waals surface area contributed by atoms with Crippen LogP contribution in [0.25, 0.3) is 0 Å². The highest BCUT2D eigenvalue weighted by atomic mass is 16.7. The molecule has 1 aliphatic rings. The number of fused-ring (bicyclic) bond motifs is 1. The standard InChI is InChI=1S/C26H26O7/c1-3-29-25(28)26(2,33-21-13-14-22-23(15-21)32-17-31-22)24(27)19-9-11-20(12-10-19)30-16-18-7-5-4-6-8-18/h4-15,24,27H,3,16-17H2,1-2H3. The van der Waals surface area contributed by atoms with Gasteiger partial charge in [-0.3, -0.25) is 0 Å². The van der Waals surface area contributed by atoms with Gasteiger partial charge < -0.3 is 28.8 Å². The zero-order valence-electron chi connectivity index (χ0n) is 18.5. The fourth-order valence-electron chi connectivity index (χ4n) is 3.47. The number of rotatable bonds is 9. The topological polar surface area (TPSA) is 83.5 Å². The molecule has 2 atom stereocenters. The molecule has 4 rings (SSSR count). The summed E-state index contributed by atoms with van der Waals surface area (Å²) in [6.45, 7) is 3.90. The number of aliphatic hydroxyl groups is 1. The van der Waals surface area contributed by atoms with Gasteiger partial charge in [-0.05, 0) is 49.2 Å². The van der Waals surface area contributed by atoms with Crippen molar-refractivity contribution in [2.75, 3.05) is 13.4 Å². The number of carbonyl (C=O) groups excluding carboxylic acids is 1. The fraction of sp³-hybridized carbons (Fsp3) is 0.269. The lowest BCUT2D eigenvalue weighted by molar-refractivity contribution is -0.171. The molecule has 0 saturated carbocycles. The van der Waals surface area contributed by atoms with Gasteiger partial charge in [0.2, 0.25) is 12.4 Å². The molecule has 1 N–H and O–H groups in total.